The number of nitrogens with zero attached hydrogens (tertiary/aromatic N) is 4. The molecule has 3 aliphatic rings. The van der Waals surface area contributed by atoms with Crippen molar-refractivity contribution in [2.75, 3.05) is 36.5 Å². The van der Waals surface area contributed by atoms with Gasteiger partial charge in [0, 0.05) is 48.9 Å². The summed E-state index contributed by atoms with van der Waals surface area (Å²) in [5.74, 6) is 0.820. The normalized spacial score (nSPS) is 19.9. The van der Waals surface area contributed by atoms with E-state index in [1.54, 1.807) is 0 Å². The molecule has 2 aromatic rings. The number of amides is 2. The van der Waals surface area contributed by atoms with E-state index in [0.717, 1.165) is 47.7 Å². The summed E-state index contributed by atoms with van der Waals surface area (Å²) >= 11 is 0. The topological polar surface area (TPSA) is 120 Å². The molecule has 35 heavy (non-hydrogen) atoms. The number of carbonyl (C=O) groups is 2. The van der Waals surface area contributed by atoms with Gasteiger partial charge in [-0.1, -0.05) is 0 Å². The molecule has 3 heterocycles. The Labute approximate surface area is 204 Å². The van der Waals surface area contributed by atoms with Gasteiger partial charge in [0.2, 0.25) is 0 Å². The Morgan fingerprint density at radius 3 is 2.69 bits per heavy atom. The lowest BCUT2D eigenvalue weighted by Crippen LogP contribution is -2.44. The number of hydrogen-bond donors (Lipinski definition) is 3. The van der Waals surface area contributed by atoms with Crippen LogP contribution in [0.5, 0.6) is 0 Å². The van der Waals surface area contributed by atoms with E-state index in [0.29, 0.717) is 51.1 Å². The summed E-state index contributed by atoms with van der Waals surface area (Å²) < 4.78 is 5.65. The van der Waals surface area contributed by atoms with Crippen LogP contribution in [0, 0.1) is 0 Å². The van der Waals surface area contributed by atoms with Gasteiger partial charge in [-0.25, -0.2) is 14.8 Å². The van der Waals surface area contributed by atoms with Crippen LogP contribution in [-0.2, 0) is 22.6 Å². The molecule has 0 radical (unpaired) electrons. The Bertz CT molecular complexity index is 1090. The number of morpholine rings is 1. The third-order valence-electron chi connectivity index (χ3n) is 6.64. The zero-order valence-corrected chi connectivity index (χ0v) is 20.0. The Morgan fingerprint density at radius 1 is 1.17 bits per heavy atom. The smallest absolute Gasteiger partial charge is 0.319 e. The van der Waals surface area contributed by atoms with Crippen LogP contribution in [0.1, 0.15) is 43.9 Å². The van der Waals surface area contributed by atoms with Crippen molar-refractivity contribution in [3.8, 4) is 11.4 Å². The van der Waals surface area contributed by atoms with Crippen molar-refractivity contribution in [3.05, 3.63) is 35.5 Å². The largest absolute Gasteiger partial charge is 0.481 e. The molecule has 1 atom stereocenters. The lowest BCUT2D eigenvalue weighted by Gasteiger charge is -2.35. The van der Waals surface area contributed by atoms with Crippen molar-refractivity contribution in [2.45, 2.75) is 57.8 Å². The van der Waals surface area contributed by atoms with Gasteiger partial charge in [0.25, 0.3) is 0 Å². The number of carboxylic acid groups (broad SMARTS) is 1. The number of carboxylic acids is 1. The van der Waals surface area contributed by atoms with Crippen LogP contribution >= 0.6 is 0 Å². The van der Waals surface area contributed by atoms with Gasteiger partial charge in [0.1, 0.15) is 5.82 Å². The van der Waals surface area contributed by atoms with E-state index in [1.807, 2.05) is 24.3 Å². The Hall–Kier alpha value is -3.24. The fourth-order valence-corrected chi connectivity index (χ4v) is 4.60. The van der Waals surface area contributed by atoms with Gasteiger partial charge in [0.15, 0.2) is 5.82 Å². The van der Waals surface area contributed by atoms with Crippen LogP contribution in [0.3, 0.4) is 0 Å². The summed E-state index contributed by atoms with van der Waals surface area (Å²) in [4.78, 5) is 37.4. The summed E-state index contributed by atoms with van der Waals surface area (Å²) in [6, 6.07) is 7.93. The number of fused-ring (bicyclic) bond motifs is 1. The number of aromatic nitrogens is 2. The van der Waals surface area contributed by atoms with Gasteiger partial charge in [-0.15, -0.1) is 0 Å². The minimum absolute atomic E-state index is 0.163. The first-order valence-corrected chi connectivity index (χ1v) is 12.3. The lowest BCUT2D eigenvalue weighted by atomic mass is 10.1. The summed E-state index contributed by atoms with van der Waals surface area (Å²) in [6.45, 7) is 6.32. The number of rotatable bonds is 8. The molecule has 1 saturated heterocycles. The van der Waals surface area contributed by atoms with Gasteiger partial charge in [-0.05, 0) is 57.0 Å². The minimum Gasteiger partial charge on any atom is -0.481 e. The van der Waals surface area contributed by atoms with Gasteiger partial charge in [0.05, 0.1) is 24.9 Å². The molecule has 0 spiro atoms. The molecule has 1 aromatic carbocycles. The molecule has 10 nitrogen and oxygen atoms in total. The van der Waals surface area contributed by atoms with Crippen molar-refractivity contribution in [3.63, 3.8) is 0 Å². The maximum absolute atomic E-state index is 12.0. The molecule has 1 aromatic heterocycles. The van der Waals surface area contributed by atoms with Crippen molar-refractivity contribution in [1.29, 1.82) is 0 Å². The number of carbonyl (C=O) groups excluding carboxylic acids is 1. The standard InChI is InChI=1S/C25H32N6O4/c1-16-15-35-12-11-31(16)24-20-13-30(10-2-3-22(32)33)14-21(20)28-23(29-24)17-4-6-18(7-5-17)26-25(34)27-19-8-9-19/h4-7,16,19H,2-3,8-15H2,1H3,(H,32,33)(H2,26,27,34). The monoisotopic (exact) mass is 480 g/mol. The fraction of sp³-hybridized carbons (Fsp3) is 0.520. The van der Waals surface area contributed by atoms with Crippen molar-refractivity contribution in [2.24, 2.45) is 0 Å². The summed E-state index contributed by atoms with van der Waals surface area (Å²) in [5, 5.41) is 14.8. The summed E-state index contributed by atoms with van der Waals surface area (Å²) in [7, 11) is 0. The SMILES string of the molecule is CC1COCCN1c1nc(-c2ccc(NC(=O)NC3CC3)cc2)nc2c1CN(CCCC(=O)O)C2. The van der Waals surface area contributed by atoms with Gasteiger partial charge in [-0.2, -0.15) is 0 Å². The van der Waals surface area contributed by atoms with Gasteiger partial charge >= 0.3 is 12.0 Å². The minimum atomic E-state index is -0.769. The molecule has 5 rings (SSSR count). The molecule has 1 unspecified atom stereocenters. The first-order chi connectivity index (χ1) is 17.0. The highest BCUT2D eigenvalue weighted by Crippen LogP contribution is 2.33. The molecular formula is C25H32N6O4. The maximum atomic E-state index is 12.0. The van der Waals surface area contributed by atoms with E-state index >= 15 is 0 Å². The van der Waals surface area contributed by atoms with Crippen molar-refractivity contribution in [1.82, 2.24) is 20.2 Å². The Balaban J connectivity index is 1.38. The van der Waals surface area contributed by atoms with E-state index < -0.39 is 5.97 Å². The quantitative estimate of drug-likeness (QED) is 0.528. The molecule has 2 aliphatic heterocycles. The van der Waals surface area contributed by atoms with E-state index in [9.17, 15) is 9.59 Å². The van der Waals surface area contributed by atoms with E-state index in [4.69, 9.17) is 19.8 Å². The number of anilines is 2. The first-order valence-electron chi connectivity index (χ1n) is 12.3. The zero-order valence-electron chi connectivity index (χ0n) is 20.0. The Morgan fingerprint density at radius 2 is 1.97 bits per heavy atom. The number of benzene rings is 1. The van der Waals surface area contributed by atoms with Crippen molar-refractivity contribution < 1.29 is 19.4 Å². The van der Waals surface area contributed by atoms with Gasteiger partial charge in [-0.3, -0.25) is 9.69 Å². The van der Waals surface area contributed by atoms with Crippen LogP contribution in [0.2, 0.25) is 0 Å². The molecule has 1 saturated carbocycles. The van der Waals surface area contributed by atoms with Gasteiger partial charge < -0.3 is 25.4 Å². The number of urea groups is 1. The second-order valence-corrected chi connectivity index (χ2v) is 9.57. The summed E-state index contributed by atoms with van der Waals surface area (Å²) in [6.07, 6.45) is 2.86. The first kappa shape index (κ1) is 23.5. The molecule has 0 bridgehead atoms. The average molecular weight is 481 g/mol. The lowest BCUT2D eigenvalue weighted by molar-refractivity contribution is -0.137. The molecule has 2 amide bonds. The number of ether oxygens (including phenoxy) is 1. The fourth-order valence-electron chi connectivity index (χ4n) is 4.60. The number of aliphatic carboxylic acids is 1. The van der Waals surface area contributed by atoms with E-state index in [1.165, 1.54) is 0 Å². The molecule has 2 fully saturated rings. The molecule has 1 aliphatic carbocycles. The molecular weight excluding hydrogens is 448 g/mol. The van der Waals surface area contributed by atoms with Crippen molar-refractivity contribution >= 4 is 23.5 Å². The molecule has 3 N–H and O–H groups in total. The predicted molar refractivity (Wildman–Crippen MR) is 131 cm³/mol. The number of hydrogen-bond acceptors (Lipinski definition) is 7. The third-order valence-corrected chi connectivity index (χ3v) is 6.64. The average Bonchev–Trinajstić information content (AvgIpc) is 3.54. The summed E-state index contributed by atoms with van der Waals surface area (Å²) in [5.41, 5.74) is 3.71. The van der Waals surface area contributed by atoms with E-state index in [-0.39, 0.29) is 18.5 Å². The van der Waals surface area contributed by atoms with Crippen LogP contribution in [0.15, 0.2) is 24.3 Å². The van der Waals surface area contributed by atoms with Crippen LogP contribution < -0.4 is 15.5 Å². The zero-order chi connectivity index (χ0) is 24.4. The second kappa shape index (κ2) is 10.2. The number of nitrogens with one attached hydrogen (secondary N) is 2. The maximum Gasteiger partial charge on any atom is 0.319 e. The highest BCUT2D eigenvalue weighted by atomic mass is 16.5. The van der Waals surface area contributed by atoms with Crippen LogP contribution in [0.4, 0.5) is 16.3 Å². The highest BCUT2D eigenvalue weighted by molar-refractivity contribution is 5.89. The highest BCUT2D eigenvalue weighted by Gasteiger charge is 2.31. The van der Waals surface area contributed by atoms with Crippen LogP contribution in [0.25, 0.3) is 11.4 Å². The van der Waals surface area contributed by atoms with E-state index in [2.05, 4.69) is 27.4 Å². The Kier molecular flexibility index (Phi) is 6.83. The van der Waals surface area contributed by atoms with Crippen LogP contribution in [-0.4, -0.2) is 70.4 Å². The predicted octanol–water partition coefficient (Wildman–Crippen LogP) is 2.83. The third kappa shape index (κ3) is 5.71. The molecule has 10 heteroatoms. The second-order valence-electron chi connectivity index (χ2n) is 9.57. The molecule has 186 valence electrons.